The summed E-state index contributed by atoms with van der Waals surface area (Å²) in [5.74, 6) is 2.29. The van der Waals surface area contributed by atoms with E-state index >= 15 is 0 Å². The van der Waals surface area contributed by atoms with E-state index in [4.69, 9.17) is 23.4 Å². The highest BCUT2D eigenvalue weighted by molar-refractivity contribution is 6.00. The van der Waals surface area contributed by atoms with Gasteiger partial charge in [0.2, 0.25) is 12.7 Å². The maximum Gasteiger partial charge on any atom is 0.251 e. The van der Waals surface area contributed by atoms with E-state index in [0.717, 1.165) is 5.56 Å². The van der Waals surface area contributed by atoms with Crippen LogP contribution in [0.25, 0.3) is 6.08 Å². The Morgan fingerprint density at radius 2 is 1.62 bits per heavy atom. The van der Waals surface area contributed by atoms with Crippen molar-refractivity contribution in [1.82, 2.24) is 4.90 Å². The molecule has 0 fully saturated rings. The molecule has 0 radical (unpaired) electrons. The number of amides is 2. The summed E-state index contributed by atoms with van der Waals surface area (Å²) in [6.07, 6.45) is 4.63. The third-order valence-electron chi connectivity index (χ3n) is 6.35. The number of nitrogens with one attached hydrogen (secondary N) is 1. The Kier molecular flexibility index (Phi) is 8.01. The fraction of sp³-hybridized carbons (Fsp3) is 0.161. The molecule has 204 valence electrons. The molecule has 0 unspecified atom stereocenters. The number of ether oxygens (including phenoxy) is 4. The molecule has 1 aliphatic rings. The van der Waals surface area contributed by atoms with Crippen LogP contribution in [0.3, 0.4) is 0 Å². The Labute approximate surface area is 231 Å². The molecule has 0 aliphatic carbocycles. The van der Waals surface area contributed by atoms with Crippen molar-refractivity contribution < 1.29 is 33.0 Å². The summed E-state index contributed by atoms with van der Waals surface area (Å²) in [5, 5.41) is 2.93. The predicted octanol–water partition coefficient (Wildman–Crippen LogP) is 5.45. The molecule has 4 aromatic rings. The molecule has 40 heavy (non-hydrogen) atoms. The standard InChI is InChI=1S/C31H28N2O7/c1-36-24-11-7-22(8-12-24)30(31(35)32-23-9-13-25(37-2)14-10-23)33(19-26-4-3-17-38-26)29(34)16-6-21-5-15-27-28(18-21)40-20-39-27/h3-18,30H,19-20H2,1-2H3,(H,32,35)/b16-6+/t30-/m1/s1. The second-order valence-electron chi connectivity index (χ2n) is 8.88. The van der Waals surface area contributed by atoms with Gasteiger partial charge in [0.05, 0.1) is 27.0 Å². The fourth-order valence-corrected chi connectivity index (χ4v) is 4.29. The van der Waals surface area contributed by atoms with Crippen LogP contribution in [-0.4, -0.2) is 37.7 Å². The van der Waals surface area contributed by atoms with Crippen molar-refractivity contribution in [1.29, 1.82) is 0 Å². The smallest absolute Gasteiger partial charge is 0.251 e. The number of carbonyl (C=O) groups is 2. The van der Waals surface area contributed by atoms with Crippen LogP contribution in [0.2, 0.25) is 0 Å². The van der Waals surface area contributed by atoms with Crippen molar-refractivity contribution in [3.05, 3.63) is 108 Å². The topological polar surface area (TPSA) is 99.5 Å². The maximum atomic E-state index is 13.8. The minimum absolute atomic E-state index is 0.0596. The third-order valence-corrected chi connectivity index (χ3v) is 6.35. The Hall–Kier alpha value is -5.18. The van der Waals surface area contributed by atoms with Gasteiger partial charge in [-0.25, -0.2) is 0 Å². The van der Waals surface area contributed by atoms with Crippen molar-refractivity contribution in [3.63, 3.8) is 0 Å². The van der Waals surface area contributed by atoms with Crippen molar-refractivity contribution in [2.24, 2.45) is 0 Å². The lowest BCUT2D eigenvalue weighted by Crippen LogP contribution is -2.40. The van der Waals surface area contributed by atoms with E-state index in [-0.39, 0.29) is 19.2 Å². The van der Waals surface area contributed by atoms with Gasteiger partial charge >= 0.3 is 0 Å². The number of hydrogen-bond donors (Lipinski definition) is 1. The zero-order chi connectivity index (χ0) is 27.9. The van der Waals surface area contributed by atoms with Crippen LogP contribution in [0.4, 0.5) is 5.69 Å². The van der Waals surface area contributed by atoms with Gasteiger partial charge in [0.15, 0.2) is 11.5 Å². The van der Waals surface area contributed by atoms with Crippen LogP contribution in [-0.2, 0) is 16.1 Å². The third kappa shape index (κ3) is 6.10. The molecule has 9 nitrogen and oxygen atoms in total. The second kappa shape index (κ2) is 12.1. The van der Waals surface area contributed by atoms with Crippen molar-refractivity contribution in [3.8, 4) is 23.0 Å². The molecule has 0 spiro atoms. The number of furan rings is 1. The highest BCUT2D eigenvalue weighted by Gasteiger charge is 2.31. The van der Waals surface area contributed by atoms with Gasteiger partial charge in [0, 0.05) is 11.8 Å². The van der Waals surface area contributed by atoms with Crippen molar-refractivity contribution >= 4 is 23.6 Å². The van der Waals surface area contributed by atoms with E-state index in [1.807, 2.05) is 6.07 Å². The zero-order valence-corrected chi connectivity index (χ0v) is 22.0. The number of anilines is 1. The van der Waals surface area contributed by atoms with Crippen molar-refractivity contribution in [2.45, 2.75) is 12.6 Å². The average molecular weight is 541 g/mol. The maximum absolute atomic E-state index is 13.8. The largest absolute Gasteiger partial charge is 0.497 e. The number of carbonyl (C=O) groups excluding carboxylic acids is 2. The van der Waals surface area contributed by atoms with Gasteiger partial charge in [-0.3, -0.25) is 9.59 Å². The Bertz CT molecular complexity index is 1480. The summed E-state index contributed by atoms with van der Waals surface area (Å²) >= 11 is 0. The molecule has 0 bridgehead atoms. The highest BCUT2D eigenvalue weighted by atomic mass is 16.7. The number of nitrogens with zero attached hydrogens (tertiary/aromatic N) is 1. The van der Waals surface area contributed by atoms with E-state index in [1.54, 1.807) is 93.1 Å². The van der Waals surface area contributed by atoms with Crippen LogP contribution in [0.1, 0.15) is 22.9 Å². The molecule has 2 heterocycles. The van der Waals surface area contributed by atoms with Crippen LogP contribution in [0.5, 0.6) is 23.0 Å². The van der Waals surface area contributed by atoms with Gasteiger partial charge in [-0.1, -0.05) is 18.2 Å². The van der Waals surface area contributed by atoms with Gasteiger partial charge < -0.3 is 33.6 Å². The first-order valence-electron chi connectivity index (χ1n) is 12.5. The number of rotatable bonds is 10. The Morgan fingerprint density at radius 3 is 2.30 bits per heavy atom. The molecule has 0 saturated carbocycles. The van der Waals surface area contributed by atoms with Gasteiger partial charge in [0.25, 0.3) is 5.91 Å². The van der Waals surface area contributed by atoms with E-state index in [2.05, 4.69) is 5.32 Å². The van der Waals surface area contributed by atoms with Crippen LogP contribution >= 0.6 is 0 Å². The lowest BCUT2D eigenvalue weighted by atomic mass is 10.0. The molecule has 1 aliphatic heterocycles. The van der Waals surface area contributed by atoms with Crippen LogP contribution in [0.15, 0.2) is 95.6 Å². The average Bonchev–Trinajstić information content (AvgIpc) is 3.68. The number of benzene rings is 3. The van der Waals surface area contributed by atoms with Gasteiger partial charge in [-0.15, -0.1) is 0 Å². The zero-order valence-electron chi connectivity index (χ0n) is 22.0. The summed E-state index contributed by atoms with van der Waals surface area (Å²) < 4.78 is 26.9. The molecular formula is C31H28N2O7. The number of methoxy groups -OCH3 is 2. The lowest BCUT2D eigenvalue weighted by molar-refractivity contribution is -0.136. The van der Waals surface area contributed by atoms with E-state index in [1.165, 1.54) is 17.2 Å². The summed E-state index contributed by atoms with van der Waals surface area (Å²) in [6.45, 7) is 0.218. The normalized spacial score (nSPS) is 12.7. The van der Waals surface area contributed by atoms with Gasteiger partial charge in [-0.2, -0.15) is 0 Å². The first-order chi connectivity index (χ1) is 19.5. The number of hydrogen-bond acceptors (Lipinski definition) is 7. The highest BCUT2D eigenvalue weighted by Crippen LogP contribution is 2.33. The minimum atomic E-state index is -0.994. The van der Waals surface area contributed by atoms with E-state index in [0.29, 0.717) is 40.0 Å². The van der Waals surface area contributed by atoms with E-state index < -0.39 is 11.9 Å². The summed E-state index contributed by atoms with van der Waals surface area (Å²) in [7, 11) is 3.14. The fourth-order valence-electron chi connectivity index (χ4n) is 4.29. The van der Waals surface area contributed by atoms with Crippen molar-refractivity contribution in [2.75, 3.05) is 26.3 Å². The Balaban J connectivity index is 1.48. The monoisotopic (exact) mass is 540 g/mol. The molecule has 3 aromatic carbocycles. The molecular weight excluding hydrogens is 512 g/mol. The number of fused-ring (bicyclic) bond motifs is 1. The molecule has 5 rings (SSSR count). The quantitative estimate of drug-likeness (QED) is 0.267. The molecule has 1 aromatic heterocycles. The SMILES string of the molecule is COc1ccc(NC(=O)[C@@H](c2ccc(OC)cc2)N(Cc2ccco2)C(=O)/C=C/c2ccc3c(c2)OCO3)cc1. The summed E-state index contributed by atoms with van der Waals surface area (Å²) in [4.78, 5) is 29.1. The van der Waals surface area contributed by atoms with Gasteiger partial charge in [0.1, 0.15) is 23.3 Å². The first-order valence-corrected chi connectivity index (χ1v) is 12.5. The molecule has 1 atom stereocenters. The first kappa shape index (κ1) is 26.4. The van der Waals surface area contributed by atoms with Crippen LogP contribution in [0, 0.1) is 0 Å². The molecule has 2 amide bonds. The predicted molar refractivity (Wildman–Crippen MR) is 148 cm³/mol. The van der Waals surface area contributed by atoms with Crippen LogP contribution < -0.4 is 24.3 Å². The van der Waals surface area contributed by atoms with E-state index in [9.17, 15) is 9.59 Å². The molecule has 0 saturated heterocycles. The molecule has 1 N–H and O–H groups in total. The lowest BCUT2D eigenvalue weighted by Gasteiger charge is -2.30. The molecule has 9 heteroatoms. The Morgan fingerprint density at radius 1 is 0.925 bits per heavy atom. The minimum Gasteiger partial charge on any atom is -0.497 e. The second-order valence-corrected chi connectivity index (χ2v) is 8.88. The summed E-state index contributed by atoms with van der Waals surface area (Å²) in [6, 6.07) is 21.9. The summed E-state index contributed by atoms with van der Waals surface area (Å²) in [5.41, 5.74) is 1.91. The van der Waals surface area contributed by atoms with Gasteiger partial charge in [-0.05, 0) is 77.9 Å².